The highest BCUT2D eigenvalue weighted by atomic mass is 16.6. The molecular weight excluding hydrogens is 352 g/mol. The van der Waals surface area contributed by atoms with Crippen LogP contribution in [0.4, 0.5) is 4.79 Å². The molecule has 0 aliphatic carbocycles. The molecule has 2 aromatic carbocycles. The molecule has 5 nitrogen and oxygen atoms in total. The first kappa shape index (κ1) is 19.7. The fourth-order valence-corrected chi connectivity index (χ4v) is 3.08. The molecule has 1 amide bonds. The molecule has 3 rings (SSSR count). The van der Waals surface area contributed by atoms with Gasteiger partial charge in [-0.3, -0.25) is 4.79 Å². The van der Waals surface area contributed by atoms with Crippen molar-refractivity contribution in [2.24, 2.45) is 0 Å². The van der Waals surface area contributed by atoms with E-state index in [1.807, 2.05) is 83.1 Å². The van der Waals surface area contributed by atoms with E-state index in [9.17, 15) is 9.59 Å². The maximum atomic E-state index is 12.1. The number of rotatable bonds is 3. The van der Waals surface area contributed by atoms with Crippen LogP contribution < -0.4 is 10.9 Å². The largest absolute Gasteiger partial charge is 0.444 e. The molecule has 5 heteroatoms. The van der Waals surface area contributed by atoms with Crippen molar-refractivity contribution in [2.45, 2.75) is 45.8 Å². The van der Waals surface area contributed by atoms with Gasteiger partial charge in [0.25, 0.3) is 5.56 Å². The molecule has 0 saturated heterocycles. The van der Waals surface area contributed by atoms with Crippen LogP contribution in [0.3, 0.4) is 0 Å². The van der Waals surface area contributed by atoms with E-state index in [-0.39, 0.29) is 5.56 Å². The van der Waals surface area contributed by atoms with Gasteiger partial charge in [-0.2, -0.15) is 0 Å². The average molecular weight is 378 g/mol. The number of carbonyl (C=O) groups is 1. The molecule has 0 radical (unpaired) electrons. The predicted octanol–water partition coefficient (Wildman–Crippen LogP) is 4.95. The summed E-state index contributed by atoms with van der Waals surface area (Å²) in [5.41, 5.74) is 1.84. The van der Waals surface area contributed by atoms with Crippen LogP contribution in [0.2, 0.25) is 0 Å². The number of pyridine rings is 1. The van der Waals surface area contributed by atoms with Crippen LogP contribution in [0.15, 0.2) is 59.5 Å². The second-order valence-corrected chi connectivity index (χ2v) is 8.44. The van der Waals surface area contributed by atoms with Crippen molar-refractivity contribution >= 4 is 16.9 Å². The molecule has 1 aromatic heterocycles. The first-order chi connectivity index (χ1) is 13.0. The number of H-pyrrole nitrogens is 1. The van der Waals surface area contributed by atoms with Crippen molar-refractivity contribution in [2.75, 3.05) is 0 Å². The highest BCUT2D eigenvalue weighted by Gasteiger charge is 2.26. The van der Waals surface area contributed by atoms with Gasteiger partial charge in [-0.1, -0.05) is 30.3 Å². The van der Waals surface area contributed by atoms with Gasteiger partial charge in [0.05, 0.1) is 5.54 Å². The zero-order valence-electron chi connectivity index (χ0n) is 16.9. The molecule has 146 valence electrons. The van der Waals surface area contributed by atoms with E-state index in [0.717, 1.165) is 22.1 Å². The quantitative estimate of drug-likeness (QED) is 0.677. The maximum absolute atomic E-state index is 12.1. The number of amides is 1. The molecule has 2 N–H and O–H groups in total. The Morgan fingerprint density at radius 3 is 2.21 bits per heavy atom. The first-order valence-corrected chi connectivity index (χ1v) is 9.29. The van der Waals surface area contributed by atoms with Crippen LogP contribution >= 0.6 is 0 Å². The Balaban J connectivity index is 1.83. The molecule has 0 aliphatic heterocycles. The first-order valence-electron chi connectivity index (χ1n) is 9.29. The minimum absolute atomic E-state index is 0.0886. The van der Waals surface area contributed by atoms with Crippen LogP contribution in [-0.4, -0.2) is 16.7 Å². The number of hydrogen-bond donors (Lipinski definition) is 2. The van der Waals surface area contributed by atoms with Crippen molar-refractivity contribution < 1.29 is 9.53 Å². The van der Waals surface area contributed by atoms with E-state index in [1.165, 1.54) is 0 Å². The number of benzene rings is 2. The van der Waals surface area contributed by atoms with Gasteiger partial charge >= 0.3 is 6.09 Å². The second kappa shape index (κ2) is 7.15. The van der Waals surface area contributed by atoms with Crippen LogP contribution in [0.5, 0.6) is 0 Å². The van der Waals surface area contributed by atoms with Crippen molar-refractivity contribution in [1.82, 2.24) is 10.3 Å². The molecule has 0 unspecified atom stereocenters. The molecule has 0 saturated carbocycles. The summed E-state index contributed by atoms with van der Waals surface area (Å²) in [6.07, 6.45) is 1.21. The third kappa shape index (κ3) is 4.42. The Labute approximate surface area is 164 Å². The Morgan fingerprint density at radius 1 is 0.929 bits per heavy atom. The van der Waals surface area contributed by atoms with Crippen molar-refractivity contribution in [1.29, 1.82) is 0 Å². The van der Waals surface area contributed by atoms with Crippen molar-refractivity contribution in [3.63, 3.8) is 0 Å². The van der Waals surface area contributed by atoms with Gasteiger partial charge in [-0.05, 0) is 74.9 Å². The molecule has 1 heterocycles. The lowest BCUT2D eigenvalue weighted by Crippen LogP contribution is -2.43. The predicted molar refractivity (Wildman–Crippen MR) is 112 cm³/mol. The van der Waals surface area contributed by atoms with Crippen LogP contribution in [-0.2, 0) is 10.3 Å². The Hall–Kier alpha value is -3.08. The highest BCUT2D eigenvalue weighted by molar-refractivity contribution is 5.86. The van der Waals surface area contributed by atoms with Gasteiger partial charge in [0.2, 0.25) is 0 Å². The lowest BCUT2D eigenvalue weighted by atomic mass is 9.92. The molecule has 0 aliphatic rings. The number of fused-ring (bicyclic) bond motifs is 1. The number of alkyl carbamates (subject to hydrolysis) is 1. The van der Waals surface area contributed by atoms with Crippen molar-refractivity contribution in [3.05, 3.63) is 70.6 Å². The summed E-state index contributed by atoms with van der Waals surface area (Å²) in [6, 6.07) is 15.7. The number of carbonyl (C=O) groups excluding carboxylic acids is 1. The van der Waals surface area contributed by atoms with Crippen molar-refractivity contribution in [3.8, 4) is 11.1 Å². The Morgan fingerprint density at radius 2 is 1.57 bits per heavy atom. The smallest absolute Gasteiger partial charge is 0.408 e. The fourth-order valence-electron chi connectivity index (χ4n) is 3.08. The molecule has 0 bridgehead atoms. The van der Waals surface area contributed by atoms with Gasteiger partial charge in [-0.15, -0.1) is 0 Å². The summed E-state index contributed by atoms with van der Waals surface area (Å²) in [4.78, 5) is 26.7. The van der Waals surface area contributed by atoms with Gasteiger partial charge < -0.3 is 15.0 Å². The number of aromatic nitrogens is 1. The van der Waals surface area contributed by atoms with Gasteiger partial charge in [0.15, 0.2) is 0 Å². The molecule has 0 spiro atoms. The van der Waals surface area contributed by atoms with Crippen LogP contribution in [0, 0.1) is 0 Å². The lowest BCUT2D eigenvalue weighted by molar-refractivity contribution is 0.0470. The minimum Gasteiger partial charge on any atom is -0.444 e. The number of hydrogen-bond acceptors (Lipinski definition) is 3. The summed E-state index contributed by atoms with van der Waals surface area (Å²) in [6.45, 7) is 9.39. The zero-order chi connectivity index (χ0) is 20.5. The van der Waals surface area contributed by atoms with E-state index >= 15 is 0 Å². The summed E-state index contributed by atoms with van der Waals surface area (Å²) >= 11 is 0. The van der Waals surface area contributed by atoms with Gasteiger partial charge in [0, 0.05) is 11.6 Å². The molecule has 0 fully saturated rings. The highest BCUT2D eigenvalue weighted by Crippen LogP contribution is 2.27. The minimum atomic E-state index is -0.572. The third-order valence-electron chi connectivity index (χ3n) is 4.53. The van der Waals surface area contributed by atoms with Gasteiger partial charge in [0.1, 0.15) is 5.60 Å². The Bertz CT molecular complexity index is 1060. The average Bonchev–Trinajstić information content (AvgIpc) is 2.59. The normalized spacial score (nSPS) is 12.0. The second-order valence-electron chi connectivity index (χ2n) is 8.44. The summed E-state index contributed by atoms with van der Waals surface area (Å²) < 4.78 is 5.36. The molecule has 28 heavy (non-hydrogen) atoms. The number of ether oxygens (including phenoxy) is 1. The summed E-state index contributed by atoms with van der Waals surface area (Å²) in [5.74, 6) is 0. The maximum Gasteiger partial charge on any atom is 0.408 e. The van der Waals surface area contributed by atoms with E-state index in [0.29, 0.717) is 5.39 Å². The topological polar surface area (TPSA) is 71.2 Å². The lowest BCUT2D eigenvalue weighted by Gasteiger charge is -2.29. The number of nitrogens with one attached hydrogen (secondary N) is 2. The number of aromatic amines is 1. The van der Waals surface area contributed by atoms with E-state index in [4.69, 9.17) is 4.74 Å². The Kier molecular flexibility index (Phi) is 5.02. The zero-order valence-corrected chi connectivity index (χ0v) is 16.9. The molecular formula is C23H26N2O3. The van der Waals surface area contributed by atoms with Crippen LogP contribution in [0.1, 0.15) is 40.2 Å². The van der Waals surface area contributed by atoms with E-state index in [1.54, 1.807) is 6.20 Å². The van der Waals surface area contributed by atoms with E-state index in [2.05, 4.69) is 10.3 Å². The molecule has 3 aromatic rings. The van der Waals surface area contributed by atoms with Gasteiger partial charge in [-0.25, -0.2) is 4.79 Å². The summed E-state index contributed by atoms with van der Waals surface area (Å²) in [7, 11) is 0. The monoisotopic (exact) mass is 378 g/mol. The standard InChI is InChI=1S/C23H26N2O3/c1-22(2,3)28-21(27)25-23(4,5)18-9-6-15(7-10-18)16-8-11-19-17(14-16)12-13-24-20(19)26/h6-14H,1-5H3,(H,24,26)(H,25,27). The molecule has 0 atom stereocenters. The fraction of sp³-hybridized carbons (Fsp3) is 0.304. The van der Waals surface area contributed by atoms with E-state index < -0.39 is 17.2 Å². The SMILES string of the molecule is CC(C)(C)OC(=O)NC(C)(C)c1ccc(-c2ccc3c(=O)[nH]ccc3c2)cc1. The van der Waals surface area contributed by atoms with Crippen LogP contribution in [0.25, 0.3) is 21.9 Å². The third-order valence-corrected chi connectivity index (χ3v) is 4.53. The summed E-state index contributed by atoms with van der Waals surface area (Å²) in [5, 5.41) is 4.49.